The van der Waals surface area contributed by atoms with E-state index in [1.807, 2.05) is 0 Å². The van der Waals surface area contributed by atoms with Gasteiger partial charge in [0.05, 0.1) is 5.41 Å². The van der Waals surface area contributed by atoms with Crippen molar-refractivity contribution in [2.75, 3.05) is 6.54 Å². The van der Waals surface area contributed by atoms with Gasteiger partial charge in [0.25, 0.3) is 0 Å². The highest BCUT2D eigenvalue weighted by Gasteiger charge is 2.54. The second-order valence-electron chi connectivity index (χ2n) is 5.13. The highest BCUT2D eigenvalue weighted by molar-refractivity contribution is 5.87. The monoisotopic (exact) mass is 215 g/mol. The molecule has 0 bridgehead atoms. The zero-order valence-corrected chi connectivity index (χ0v) is 9.62. The van der Waals surface area contributed by atoms with Crippen LogP contribution in [0.15, 0.2) is 24.3 Å². The molecule has 1 aromatic rings. The molecule has 1 N–H and O–H groups in total. The fourth-order valence-corrected chi connectivity index (χ4v) is 3.24. The van der Waals surface area contributed by atoms with Crippen molar-refractivity contribution in [2.24, 2.45) is 5.41 Å². The van der Waals surface area contributed by atoms with Gasteiger partial charge in [-0.1, -0.05) is 30.7 Å². The normalized spacial score (nSPS) is 26.6. The van der Waals surface area contributed by atoms with Gasteiger partial charge in [-0.2, -0.15) is 0 Å². The van der Waals surface area contributed by atoms with E-state index in [-0.39, 0.29) is 11.3 Å². The van der Waals surface area contributed by atoms with E-state index in [0.29, 0.717) is 5.92 Å². The van der Waals surface area contributed by atoms with Crippen molar-refractivity contribution < 1.29 is 4.79 Å². The van der Waals surface area contributed by atoms with Gasteiger partial charge < -0.3 is 5.32 Å². The van der Waals surface area contributed by atoms with Crippen LogP contribution in [0.5, 0.6) is 0 Å². The molecule has 84 valence electrons. The van der Waals surface area contributed by atoms with E-state index >= 15 is 0 Å². The van der Waals surface area contributed by atoms with E-state index in [4.69, 9.17) is 0 Å². The van der Waals surface area contributed by atoms with Gasteiger partial charge in [0.1, 0.15) is 0 Å². The van der Waals surface area contributed by atoms with Crippen LogP contribution >= 0.6 is 0 Å². The number of aryl methyl sites for hydroxylation is 1. The summed E-state index contributed by atoms with van der Waals surface area (Å²) in [6.07, 6.45) is 3.34. The summed E-state index contributed by atoms with van der Waals surface area (Å²) in [4.78, 5) is 12.0. The van der Waals surface area contributed by atoms with Crippen LogP contribution < -0.4 is 5.32 Å². The Bertz CT molecular complexity index is 434. The Labute approximate surface area is 96.1 Å². The lowest BCUT2D eigenvalue weighted by Gasteiger charge is -2.41. The molecule has 1 aliphatic heterocycles. The Morgan fingerprint density at radius 2 is 2.06 bits per heavy atom. The molecule has 16 heavy (non-hydrogen) atoms. The van der Waals surface area contributed by atoms with Crippen LogP contribution in [0, 0.1) is 12.3 Å². The average molecular weight is 215 g/mol. The van der Waals surface area contributed by atoms with Crippen molar-refractivity contribution in [3.63, 3.8) is 0 Å². The first-order chi connectivity index (χ1) is 7.74. The number of nitrogens with one attached hydrogen (secondary N) is 1. The standard InChI is InChI=1S/C14H17NO/c1-10-5-2-3-6-11(10)12-9-15-13(16)14(12)7-4-8-14/h2-3,5-6,12H,4,7-9H2,1H3,(H,15,16)/t12-/m1/s1. The number of rotatable bonds is 1. The van der Waals surface area contributed by atoms with Gasteiger partial charge in [-0.3, -0.25) is 4.79 Å². The summed E-state index contributed by atoms with van der Waals surface area (Å²) in [6, 6.07) is 8.47. The fraction of sp³-hybridized carbons (Fsp3) is 0.500. The number of amides is 1. The maximum atomic E-state index is 12.0. The minimum absolute atomic E-state index is 0.0634. The fourth-order valence-electron chi connectivity index (χ4n) is 3.24. The second-order valence-corrected chi connectivity index (χ2v) is 5.13. The molecule has 2 aliphatic rings. The Kier molecular flexibility index (Phi) is 2.06. The topological polar surface area (TPSA) is 29.1 Å². The van der Waals surface area contributed by atoms with Gasteiger partial charge in [-0.05, 0) is 30.9 Å². The predicted octanol–water partition coefficient (Wildman–Crippen LogP) is 2.38. The lowest BCUT2D eigenvalue weighted by Crippen LogP contribution is -2.40. The van der Waals surface area contributed by atoms with Crippen molar-refractivity contribution in [1.29, 1.82) is 0 Å². The van der Waals surface area contributed by atoms with Crippen molar-refractivity contribution in [1.82, 2.24) is 5.32 Å². The number of carbonyl (C=O) groups is 1. The molecule has 1 saturated heterocycles. The van der Waals surface area contributed by atoms with Crippen LogP contribution in [0.4, 0.5) is 0 Å². The van der Waals surface area contributed by atoms with Gasteiger partial charge in [0, 0.05) is 12.5 Å². The molecule has 0 unspecified atom stereocenters. The number of hydrogen-bond donors (Lipinski definition) is 1. The third kappa shape index (κ3) is 1.16. The van der Waals surface area contributed by atoms with E-state index in [9.17, 15) is 4.79 Å². The molecule has 2 fully saturated rings. The molecule has 1 heterocycles. The SMILES string of the molecule is Cc1ccccc1[C@H]1CNC(=O)C12CCC2. The molecule has 1 spiro atoms. The highest BCUT2D eigenvalue weighted by atomic mass is 16.2. The number of hydrogen-bond acceptors (Lipinski definition) is 1. The van der Waals surface area contributed by atoms with Crippen LogP contribution in [0.1, 0.15) is 36.3 Å². The number of carbonyl (C=O) groups excluding carboxylic acids is 1. The van der Waals surface area contributed by atoms with Crippen LogP contribution in [-0.2, 0) is 4.79 Å². The number of benzene rings is 1. The molecule has 2 heteroatoms. The Morgan fingerprint density at radius 3 is 2.69 bits per heavy atom. The molecule has 2 nitrogen and oxygen atoms in total. The molecule has 0 radical (unpaired) electrons. The molecule has 0 aromatic heterocycles. The largest absolute Gasteiger partial charge is 0.355 e. The average Bonchev–Trinajstić information content (AvgIpc) is 2.56. The van der Waals surface area contributed by atoms with Crippen molar-refractivity contribution in [2.45, 2.75) is 32.1 Å². The van der Waals surface area contributed by atoms with E-state index < -0.39 is 0 Å². The Hall–Kier alpha value is -1.31. The summed E-state index contributed by atoms with van der Waals surface area (Å²) in [5, 5.41) is 3.05. The lowest BCUT2D eigenvalue weighted by molar-refractivity contribution is -0.132. The lowest BCUT2D eigenvalue weighted by atomic mass is 9.60. The predicted molar refractivity (Wildman–Crippen MR) is 63.2 cm³/mol. The van der Waals surface area contributed by atoms with Gasteiger partial charge in [0.15, 0.2) is 0 Å². The Morgan fingerprint density at radius 1 is 1.31 bits per heavy atom. The van der Waals surface area contributed by atoms with E-state index in [1.165, 1.54) is 17.5 Å². The van der Waals surface area contributed by atoms with Crippen molar-refractivity contribution in [3.05, 3.63) is 35.4 Å². The van der Waals surface area contributed by atoms with Crippen LogP contribution in [0.2, 0.25) is 0 Å². The zero-order chi connectivity index (χ0) is 11.2. The van der Waals surface area contributed by atoms with Gasteiger partial charge in [-0.25, -0.2) is 0 Å². The molecule has 1 aliphatic carbocycles. The van der Waals surface area contributed by atoms with Crippen LogP contribution in [0.3, 0.4) is 0 Å². The van der Waals surface area contributed by atoms with Crippen molar-refractivity contribution in [3.8, 4) is 0 Å². The third-order valence-corrected chi connectivity index (χ3v) is 4.40. The van der Waals surface area contributed by atoms with E-state index in [1.54, 1.807) is 0 Å². The zero-order valence-electron chi connectivity index (χ0n) is 9.62. The van der Waals surface area contributed by atoms with E-state index in [2.05, 4.69) is 36.5 Å². The van der Waals surface area contributed by atoms with Crippen LogP contribution in [0.25, 0.3) is 0 Å². The first-order valence-electron chi connectivity index (χ1n) is 6.08. The third-order valence-electron chi connectivity index (χ3n) is 4.40. The first-order valence-corrected chi connectivity index (χ1v) is 6.08. The molecule has 1 aromatic carbocycles. The molecular weight excluding hydrogens is 198 g/mol. The summed E-state index contributed by atoms with van der Waals surface area (Å²) in [6.45, 7) is 2.97. The maximum Gasteiger partial charge on any atom is 0.226 e. The van der Waals surface area contributed by atoms with Crippen LogP contribution in [-0.4, -0.2) is 12.5 Å². The van der Waals surface area contributed by atoms with E-state index in [0.717, 1.165) is 19.4 Å². The van der Waals surface area contributed by atoms with Gasteiger partial charge in [-0.15, -0.1) is 0 Å². The molecule has 1 saturated carbocycles. The second kappa shape index (κ2) is 3.34. The highest BCUT2D eigenvalue weighted by Crippen LogP contribution is 2.54. The summed E-state index contributed by atoms with van der Waals surface area (Å²) in [7, 11) is 0. The van der Waals surface area contributed by atoms with Crippen molar-refractivity contribution >= 4 is 5.91 Å². The first kappa shape index (κ1) is 9.88. The molecule has 1 atom stereocenters. The summed E-state index contributed by atoms with van der Waals surface area (Å²) in [5.41, 5.74) is 2.61. The molecule has 1 amide bonds. The minimum atomic E-state index is -0.0634. The maximum absolute atomic E-state index is 12.0. The van der Waals surface area contributed by atoms with Gasteiger partial charge >= 0.3 is 0 Å². The minimum Gasteiger partial charge on any atom is -0.355 e. The summed E-state index contributed by atoms with van der Waals surface area (Å²) in [5.74, 6) is 0.682. The Balaban J connectivity index is 2.02. The molecular formula is C14H17NO. The quantitative estimate of drug-likeness (QED) is 0.765. The smallest absolute Gasteiger partial charge is 0.226 e. The summed E-state index contributed by atoms with van der Waals surface area (Å²) >= 11 is 0. The molecule has 3 rings (SSSR count). The van der Waals surface area contributed by atoms with Gasteiger partial charge in [0.2, 0.25) is 5.91 Å². The summed E-state index contributed by atoms with van der Waals surface area (Å²) < 4.78 is 0.